The van der Waals surface area contributed by atoms with Crippen molar-refractivity contribution >= 4 is 45.9 Å². The van der Waals surface area contributed by atoms with E-state index in [1.165, 1.54) is 22.9 Å². The third-order valence-electron chi connectivity index (χ3n) is 5.71. The summed E-state index contributed by atoms with van der Waals surface area (Å²) in [5.41, 5.74) is 1.65. The fourth-order valence-corrected chi connectivity index (χ4v) is 4.65. The van der Waals surface area contributed by atoms with Crippen molar-refractivity contribution in [3.8, 4) is 0 Å². The van der Waals surface area contributed by atoms with Crippen LogP contribution in [0.3, 0.4) is 0 Å². The predicted octanol–water partition coefficient (Wildman–Crippen LogP) is 3.67. The van der Waals surface area contributed by atoms with Crippen LogP contribution in [-0.4, -0.2) is 52.7 Å². The van der Waals surface area contributed by atoms with Crippen LogP contribution in [0.4, 0.5) is 0 Å². The molecule has 0 atom stereocenters. The Hall–Kier alpha value is -1.16. The first-order valence-electron chi connectivity index (χ1n) is 9.28. The van der Waals surface area contributed by atoms with Gasteiger partial charge in [-0.05, 0) is 37.3 Å². The smallest absolute Gasteiger partial charge is 0.193 e. The molecule has 6 nitrogen and oxygen atoms in total. The van der Waals surface area contributed by atoms with Gasteiger partial charge in [0.1, 0.15) is 12.2 Å². The first-order chi connectivity index (χ1) is 12.7. The number of nitrogens with one attached hydrogen (secondary N) is 2. The molecule has 2 aliphatic rings. The van der Waals surface area contributed by atoms with Crippen LogP contribution in [0.1, 0.15) is 43.0 Å². The molecule has 2 aromatic rings. The Kier molecular flexibility index (Phi) is 6.78. The maximum absolute atomic E-state index is 4.53. The highest BCUT2D eigenvalue weighted by Gasteiger charge is 2.45. The third-order valence-corrected chi connectivity index (χ3v) is 6.40. The van der Waals surface area contributed by atoms with Crippen molar-refractivity contribution in [2.24, 2.45) is 4.99 Å². The summed E-state index contributed by atoms with van der Waals surface area (Å²) in [5, 5.41) is 10.6. The molecule has 0 radical (unpaired) electrons. The van der Waals surface area contributed by atoms with E-state index in [-0.39, 0.29) is 29.4 Å². The average molecular weight is 545 g/mol. The molecule has 2 fully saturated rings. The number of benzene rings is 1. The van der Waals surface area contributed by atoms with E-state index in [4.69, 9.17) is 0 Å². The van der Waals surface area contributed by atoms with E-state index >= 15 is 0 Å². The lowest BCUT2D eigenvalue weighted by Crippen LogP contribution is -2.47. The average Bonchev–Trinajstić information content (AvgIpc) is 3.25. The standard InChI is InChI=1S/C19H25BrN6.HI/c1-21-18(26-10-6-14(7-11-26)17-23-13-24-25-17)22-12-19(8-9-19)15-4-2-3-5-16(15)20;/h2-5,13-14H,6-12H2,1H3,(H,21,22)(H,23,24,25);1H. The van der Waals surface area contributed by atoms with Crippen LogP contribution < -0.4 is 5.32 Å². The predicted molar refractivity (Wildman–Crippen MR) is 122 cm³/mol. The second-order valence-electron chi connectivity index (χ2n) is 7.29. The second-order valence-corrected chi connectivity index (χ2v) is 8.15. The molecule has 4 rings (SSSR count). The summed E-state index contributed by atoms with van der Waals surface area (Å²) in [6, 6.07) is 8.58. The lowest BCUT2D eigenvalue weighted by Gasteiger charge is -2.34. The number of nitrogens with zero attached hydrogens (tertiary/aromatic N) is 4. The first kappa shape index (κ1) is 20.6. The van der Waals surface area contributed by atoms with Crippen molar-refractivity contribution in [2.75, 3.05) is 26.7 Å². The Morgan fingerprint density at radius 3 is 2.67 bits per heavy atom. The molecule has 0 bridgehead atoms. The molecule has 1 aromatic heterocycles. The highest BCUT2D eigenvalue weighted by Crippen LogP contribution is 2.49. The SMILES string of the molecule is CN=C(NCC1(c2ccccc2Br)CC1)N1CCC(c2ncn[nH]2)CC1.I. The summed E-state index contributed by atoms with van der Waals surface area (Å²) in [6.07, 6.45) is 6.20. The highest BCUT2D eigenvalue weighted by molar-refractivity contribution is 14.0. The molecule has 0 unspecified atom stereocenters. The van der Waals surface area contributed by atoms with Gasteiger partial charge in [-0.2, -0.15) is 5.10 Å². The quantitative estimate of drug-likeness (QED) is 0.350. The van der Waals surface area contributed by atoms with E-state index in [9.17, 15) is 0 Å². The van der Waals surface area contributed by atoms with Crippen molar-refractivity contribution in [3.05, 3.63) is 46.5 Å². The van der Waals surface area contributed by atoms with Crippen molar-refractivity contribution in [1.29, 1.82) is 0 Å². The van der Waals surface area contributed by atoms with Crippen LogP contribution in [0.2, 0.25) is 0 Å². The summed E-state index contributed by atoms with van der Waals surface area (Å²) in [4.78, 5) is 11.2. The maximum Gasteiger partial charge on any atom is 0.193 e. The number of aliphatic imine (C=N–C) groups is 1. The number of halogens is 2. The molecule has 1 aromatic carbocycles. The zero-order chi connectivity index (χ0) is 18.0. The van der Waals surface area contributed by atoms with Gasteiger partial charge in [0.25, 0.3) is 0 Å². The first-order valence-corrected chi connectivity index (χ1v) is 10.1. The monoisotopic (exact) mass is 544 g/mol. The van der Waals surface area contributed by atoms with Gasteiger partial charge in [-0.3, -0.25) is 10.1 Å². The molecule has 0 amide bonds. The van der Waals surface area contributed by atoms with E-state index in [2.05, 4.69) is 70.6 Å². The van der Waals surface area contributed by atoms with Crippen molar-refractivity contribution in [1.82, 2.24) is 25.4 Å². The molecular formula is C19H26BrIN6. The van der Waals surface area contributed by atoms with Gasteiger partial charge in [0.15, 0.2) is 5.96 Å². The van der Waals surface area contributed by atoms with Crippen molar-refractivity contribution in [2.45, 2.75) is 37.0 Å². The molecule has 0 spiro atoms. The van der Waals surface area contributed by atoms with Crippen molar-refractivity contribution in [3.63, 3.8) is 0 Å². The van der Waals surface area contributed by atoms with Gasteiger partial charge in [0.05, 0.1) is 0 Å². The van der Waals surface area contributed by atoms with Gasteiger partial charge >= 0.3 is 0 Å². The molecule has 1 saturated heterocycles. The number of hydrogen-bond acceptors (Lipinski definition) is 3. The lowest BCUT2D eigenvalue weighted by atomic mass is 9.95. The van der Waals surface area contributed by atoms with E-state index in [1.807, 2.05) is 7.05 Å². The molecule has 27 heavy (non-hydrogen) atoms. The second kappa shape index (κ2) is 8.89. The van der Waals surface area contributed by atoms with Gasteiger partial charge in [-0.25, -0.2) is 4.98 Å². The van der Waals surface area contributed by atoms with Crippen LogP contribution in [0.25, 0.3) is 0 Å². The minimum absolute atomic E-state index is 0. The number of likely N-dealkylation sites (tertiary alicyclic amines) is 1. The summed E-state index contributed by atoms with van der Waals surface area (Å²) in [7, 11) is 1.88. The Morgan fingerprint density at radius 2 is 2.07 bits per heavy atom. The summed E-state index contributed by atoms with van der Waals surface area (Å²) < 4.78 is 1.21. The fourth-order valence-electron chi connectivity index (χ4n) is 3.94. The van der Waals surface area contributed by atoms with Crippen molar-refractivity contribution < 1.29 is 0 Å². The van der Waals surface area contributed by atoms with E-state index in [0.29, 0.717) is 5.92 Å². The Balaban J connectivity index is 0.00000210. The summed E-state index contributed by atoms with van der Waals surface area (Å²) in [6.45, 7) is 2.92. The summed E-state index contributed by atoms with van der Waals surface area (Å²) >= 11 is 3.72. The highest BCUT2D eigenvalue weighted by atomic mass is 127. The molecule has 8 heteroatoms. The number of rotatable bonds is 4. The minimum Gasteiger partial charge on any atom is -0.355 e. The maximum atomic E-state index is 4.53. The Morgan fingerprint density at radius 1 is 1.33 bits per heavy atom. The molecule has 1 aliphatic carbocycles. The number of aromatic amines is 1. The molecule has 2 heterocycles. The van der Waals surface area contributed by atoms with Gasteiger partial charge in [0, 0.05) is 42.5 Å². The molecule has 2 N–H and O–H groups in total. The Labute approximate surface area is 185 Å². The topological polar surface area (TPSA) is 69.2 Å². The summed E-state index contributed by atoms with van der Waals surface area (Å²) in [5.74, 6) is 2.50. The zero-order valence-electron chi connectivity index (χ0n) is 15.5. The fraction of sp³-hybridized carbons (Fsp3) is 0.526. The number of piperidine rings is 1. The van der Waals surface area contributed by atoms with Gasteiger partial charge in [-0.15, -0.1) is 24.0 Å². The molecule has 1 aliphatic heterocycles. The number of guanidine groups is 1. The van der Waals surface area contributed by atoms with E-state index < -0.39 is 0 Å². The van der Waals surface area contributed by atoms with Crippen LogP contribution in [0.15, 0.2) is 40.1 Å². The van der Waals surface area contributed by atoms with Gasteiger partial charge in [-0.1, -0.05) is 34.1 Å². The molecule has 146 valence electrons. The van der Waals surface area contributed by atoms with E-state index in [0.717, 1.165) is 44.3 Å². The number of aromatic nitrogens is 3. The van der Waals surface area contributed by atoms with E-state index in [1.54, 1.807) is 6.33 Å². The largest absolute Gasteiger partial charge is 0.355 e. The molecule has 1 saturated carbocycles. The van der Waals surface area contributed by atoms with Crippen LogP contribution in [0, 0.1) is 0 Å². The van der Waals surface area contributed by atoms with Crippen LogP contribution in [-0.2, 0) is 5.41 Å². The number of H-pyrrole nitrogens is 1. The number of hydrogen-bond donors (Lipinski definition) is 2. The normalized spacial score (nSPS) is 19.5. The van der Waals surface area contributed by atoms with Crippen LogP contribution >= 0.6 is 39.9 Å². The van der Waals surface area contributed by atoms with Gasteiger partial charge in [0.2, 0.25) is 0 Å². The molecular weight excluding hydrogens is 519 g/mol. The Bertz CT molecular complexity index is 766. The minimum atomic E-state index is 0. The zero-order valence-corrected chi connectivity index (χ0v) is 19.4. The third kappa shape index (κ3) is 4.47. The van der Waals surface area contributed by atoms with Crippen LogP contribution in [0.5, 0.6) is 0 Å². The van der Waals surface area contributed by atoms with Gasteiger partial charge < -0.3 is 10.2 Å². The lowest BCUT2D eigenvalue weighted by molar-refractivity contribution is 0.298.